The van der Waals surface area contributed by atoms with Crippen LogP contribution in [-0.2, 0) is 11.2 Å². The number of carboxylic acid groups (broad SMARTS) is 1. The molecule has 1 aromatic rings. The average molecular weight is 329 g/mol. The van der Waals surface area contributed by atoms with E-state index in [0.29, 0.717) is 12.3 Å². The van der Waals surface area contributed by atoms with Gasteiger partial charge >= 0.3 is 12.0 Å². The molecule has 0 aromatic carbocycles. The summed E-state index contributed by atoms with van der Waals surface area (Å²) in [6.07, 6.45) is 2.74. The molecule has 1 fully saturated rings. The van der Waals surface area contributed by atoms with Gasteiger partial charge in [-0.15, -0.1) is 11.3 Å². The lowest BCUT2D eigenvalue weighted by molar-refractivity contribution is -0.141. The molecule has 0 saturated carbocycles. The van der Waals surface area contributed by atoms with E-state index in [-0.39, 0.29) is 12.1 Å². The molecule has 0 bridgehead atoms. The molecule has 2 rings (SSSR count). The number of hydrogen-bond acceptors (Lipinski definition) is 5. The largest absolute Gasteiger partial charge is 0.480 e. The number of hydrogen-bond donors (Lipinski definition) is 2. The number of nitrogens with zero attached hydrogens (tertiary/aromatic N) is 2. The number of nitrogens with one attached hydrogen (secondary N) is 1. The number of urea groups is 1. The van der Waals surface area contributed by atoms with Crippen molar-refractivity contribution in [2.75, 3.05) is 18.1 Å². The molecule has 21 heavy (non-hydrogen) atoms. The van der Waals surface area contributed by atoms with Crippen molar-refractivity contribution in [3.05, 3.63) is 16.1 Å². The molecule has 0 aliphatic carbocycles. The summed E-state index contributed by atoms with van der Waals surface area (Å²) < 4.78 is 0. The van der Waals surface area contributed by atoms with Crippen molar-refractivity contribution in [3.8, 4) is 0 Å². The molecular weight excluding hydrogens is 310 g/mol. The summed E-state index contributed by atoms with van der Waals surface area (Å²) in [7, 11) is 0. The van der Waals surface area contributed by atoms with Crippen LogP contribution >= 0.6 is 23.1 Å². The molecular formula is C13H19N3O3S2. The Bertz CT molecular complexity index is 521. The van der Waals surface area contributed by atoms with Crippen LogP contribution in [0.25, 0.3) is 0 Å². The number of thioether (sulfide) groups is 1. The lowest BCUT2D eigenvalue weighted by Crippen LogP contribution is -2.54. The maximum atomic E-state index is 12.3. The highest BCUT2D eigenvalue weighted by Crippen LogP contribution is 2.22. The fraction of sp³-hybridized carbons (Fsp3) is 0.615. The zero-order chi connectivity index (χ0) is 15.4. The van der Waals surface area contributed by atoms with Crippen molar-refractivity contribution in [2.45, 2.75) is 32.4 Å². The van der Waals surface area contributed by atoms with E-state index in [1.807, 2.05) is 13.1 Å². The Morgan fingerprint density at radius 2 is 2.38 bits per heavy atom. The lowest BCUT2D eigenvalue weighted by Gasteiger charge is -2.33. The lowest BCUT2D eigenvalue weighted by atomic mass is 10.3. The molecule has 116 valence electrons. The normalized spacial score (nSPS) is 20.1. The summed E-state index contributed by atoms with van der Waals surface area (Å²) in [5.41, 5.74) is 0. The summed E-state index contributed by atoms with van der Waals surface area (Å²) in [4.78, 5) is 30.4. The minimum Gasteiger partial charge on any atom is -0.480 e. The zero-order valence-electron chi connectivity index (χ0n) is 12.0. The highest BCUT2D eigenvalue weighted by molar-refractivity contribution is 7.99. The van der Waals surface area contributed by atoms with Gasteiger partial charge in [0.1, 0.15) is 11.0 Å². The van der Waals surface area contributed by atoms with Gasteiger partial charge in [0.25, 0.3) is 0 Å². The quantitative estimate of drug-likeness (QED) is 0.882. The Morgan fingerprint density at radius 3 is 3.00 bits per heavy atom. The van der Waals surface area contributed by atoms with Crippen LogP contribution in [0.5, 0.6) is 0 Å². The molecule has 1 aliphatic rings. The van der Waals surface area contributed by atoms with Crippen LogP contribution in [-0.4, -0.2) is 51.1 Å². The van der Waals surface area contributed by atoms with E-state index < -0.39 is 12.0 Å². The Morgan fingerprint density at radius 1 is 1.62 bits per heavy atom. The molecule has 0 spiro atoms. The SMILES string of the molecule is CCc1cnc(C(C)NC(=O)N2CCSCC2C(=O)O)s1. The van der Waals surface area contributed by atoms with Crippen molar-refractivity contribution < 1.29 is 14.7 Å². The molecule has 2 unspecified atom stereocenters. The van der Waals surface area contributed by atoms with Crippen molar-refractivity contribution in [3.63, 3.8) is 0 Å². The third-order valence-corrected chi connectivity index (χ3v) is 5.65. The van der Waals surface area contributed by atoms with Crippen molar-refractivity contribution in [1.82, 2.24) is 15.2 Å². The third kappa shape index (κ3) is 3.88. The van der Waals surface area contributed by atoms with Gasteiger partial charge in [-0.1, -0.05) is 6.92 Å². The van der Waals surface area contributed by atoms with E-state index >= 15 is 0 Å². The summed E-state index contributed by atoms with van der Waals surface area (Å²) in [5.74, 6) is 0.254. The Kier molecular flexibility index (Phi) is 5.46. The molecule has 2 amide bonds. The Labute approximate surface area is 131 Å². The Hall–Kier alpha value is -1.28. The van der Waals surface area contributed by atoms with E-state index in [1.165, 1.54) is 9.78 Å². The van der Waals surface area contributed by atoms with Gasteiger partial charge < -0.3 is 15.3 Å². The molecule has 6 nitrogen and oxygen atoms in total. The summed E-state index contributed by atoms with van der Waals surface area (Å²) in [6.45, 7) is 4.38. The summed E-state index contributed by atoms with van der Waals surface area (Å²) in [6, 6.07) is -1.30. The molecule has 2 atom stereocenters. The van der Waals surface area contributed by atoms with E-state index in [2.05, 4.69) is 17.2 Å². The second-order valence-electron chi connectivity index (χ2n) is 4.81. The van der Waals surface area contributed by atoms with Gasteiger partial charge in [0.15, 0.2) is 0 Å². The average Bonchev–Trinajstić information content (AvgIpc) is 2.96. The minimum absolute atomic E-state index is 0.216. The first-order valence-electron chi connectivity index (χ1n) is 6.85. The number of aromatic nitrogens is 1. The van der Waals surface area contributed by atoms with Gasteiger partial charge in [-0.3, -0.25) is 0 Å². The predicted octanol–water partition coefficient (Wildman–Crippen LogP) is 1.98. The Balaban J connectivity index is 2.00. The van der Waals surface area contributed by atoms with E-state index in [4.69, 9.17) is 0 Å². The number of amides is 2. The number of thiazole rings is 1. The fourth-order valence-electron chi connectivity index (χ4n) is 2.07. The highest BCUT2D eigenvalue weighted by Gasteiger charge is 2.33. The van der Waals surface area contributed by atoms with Gasteiger partial charge in [0.05, 0.1) is 6.04 Å². The van der Waals surface area contributed by atoms with Crippen LogP contribution in [0.2, 0.25) is 0 Å². The van der Waals surface area contributed by atoms with Crippen LogP contribution in [0.1, 0.15) is 29.8 Å². The van der Waals surface area contributed by atoms with Gasteiger partial charge in [0, 0.05) is 29.1 Å². The monoisotopic (exact) mass is 329 g/mol. The maximum Gasteiger partial charge on any atom is 0.327 e. The van der Waals surface area contributed by atoms with Crippen molar-refractivity contribution in [1.29, 1.82) is 0 Å². The van der Waals surface area contributed by atoms with Gasteiger partial charge in [-0.2, -0.15) is 11.8 Å². The second-order valence-corrected chi connectivity index (χ2v) is 7.11. The van der Waals surface area contributed by atoms with Gasteiger partial charge in [-0.25, -0.2) is 14.6 Å². The molecule has 2 heterocycles. The predicted molar refractivity (Wildman–Crippen MR) is 83.9 cm³/mol. The molecule has 2 N–H and O–H groups in total. The van der Waals surface area contributed by atoms with Crippen LogP contribution < -0.4 is 5.32 Å². The standard InChI is InChI=1S/C13H19N3O3S2/c1-3-9-6-14-11(21-9)8(2)15-13(19)16-4-5-20-7-10(16)12(17)18/h6,8,10H,3-5,7H2,1-2H3,(H,15,19)(H,17,18). The smallest absolute Gasteiger partial charge is 0.327 e. The molecule has 1 saturated heterocycles. The number of aryl methyl sites for hydroxylation is 1. The molecule has 1 aromatic heterocycles. The third-order valence-electron chi connectivity index (χ3n) is 3.30. The first-order valence-corrected chi connectivity index (χ1v) is 8.82. The van der Waals surface area contributed by atoms with E-state index in [9.17, 15) is 14.7 Å². The molecule has 1 aliphatic heterocycles. The van der Waals surface area contributed by atoms with Crippen molar-refractivity contribution >= 4 is 35.1 Å². The van der Waals surface area contributed by atoms with Crippen LogP contribution in [0.4, 0.5) is 4.79 Å². The minimum atomic E-state index is -0.951. The van der Waals surface area contributed by atoms with Crippen LogP contribution in [0, 0.1) is 0 Å². The highest BCUT2D eigenvalue weighted by atomic mass is 32.2. The number of carbonyl (C=O) groups is 2. The molecule has 0 radical (unpaired) electrons. The van der Waals surface area contributed by atoms with Crippen LogP contribution in [0.3, 0.4) is 0 Å². The topological polar surface area (TPSA) is 82.5 Å². The van der Waals surface area contributed by atoms with Gasteiger partial charge in [-0.05, 0) is 13.3 Å². The van der Waals surface area contributed by atoms with E-state index in [0.717, 1.165) is 17.2 Å². The van der Waals surface area contributed by atoms with Crippen molar-refractivity contribution in [2.24, 2.45) is 0 Å². The summed E-state index contributed by atoms with van der Waals surface area (Å²) in [5, 5.41) is 12.9. The fourth-order valence-corrected chi connectivity index (χ4v) is 3.97. The zero-order valence-corrected chi connectivity index (χ0v) is 13.7. The summed E-state index contributed by atoms with van der Waals surface area (Å²) >= 11 is 3.13. The molecule has 8 heteroatoms. The van der Waals surface area contributed by atoms with Crippen LogP contribution in [0.15, 0.2) is 6.20 Å². The number of aliphatic carboxylic acids is 1. The first kappa shape index (κ1) is 16.1. The van der Waals surface area contributed by atoms with E-state index in [1.54, 1.807) is 23.1 Å². The first-order chi connectivity index (χ1) is 10.0. The van der Waals surface area contributed by atoms with Gasteiger partial charge in [0.2, 0.25) is 0 Å². The second kappa shape index (κ2) is 7.13. The maximum absolute atomic E-state index is 12.3. The number of carbonyl (C=O) groups excluding carboxylic acids is 1. The number of rotatable bonds is 4. The number of carboxylic acids is 1.